The Kier molecular flexibility index (Phi) is 6.20. The summed E-state index contributed by atoms with van der Waals surface area (Å²) in [6, 6.07) is 5.72. The summed E-state index contributed by atoms with van der Waals surface area (Å²) in [4.78, 5) is 15.6. The van der Waals surface area contributed by atoms with Gasteiger partial charge in [0.25, 0.3) is 0 Å². The van der Waals surface area contributed by atoms with E-state index in [1.165, 1.54) is 0 Å². The highest BCUT2D eigenvalue weighted by Crippen LogP contribution is 2.31. The average Bonchev–Trinajstić information content (AvgIpc) is 3.14. The Labute approximate surface area is 161 Å². The van der Waals surface area contributed by atoms with Gasteiger partial charge in [-0.2, -0.15) is 4.98 Å². The first-order valence-electron chi connectivity index (χ1n) is 8.21. The van der Waals surface area contributed by atoms with Gasteiger partial charge in [0.1, 0.15) is 10.5 Å². The summed E-state index contributed by atoms with van der Waals surface area (Å²) < 4.78 is 16.0. The van der Waals surface area contributed by atoms with E-state index in [2.05, 4.69) is 25.3 Å². The standard InChI is InChI=1S/C17H22N6O3S/c1-24-7-11(21-10-4-5-12(25-2)13(6-10)26-3)8-27-16-14-15(20-9-19-14)22-17(18)23-16/h4-6,9,11,21H,7-8H2,1-3H3,(H3,18,19,20,22,23)/t11-/m0/s1. The normalized spacial score (nSPS) is 12.1. The zero-order valence-corrected chi connectivity index (χ0v) is 16.2. The second-order valence-electron chi connectivity index (χ2n) is 5.67. The van der Waals surface area contributed by atoms with Gasteiger partial charge in [-0.15, -0.1) is 11.8 Å². The highest BCUT2D eigenvalue weighted by molar-refractivity contribution is 7.99. The first-order chi connectivity index (χ1) is 13.1. The van der Waals surface area contributed by atoms with Crippen LogP contribution in [0.3, 0.4) is 0 Å². The van der Waals surface area contributed by atoms with Gasteiger partial charge >= 0.3 is 0 Å². The number of anilines is 2. The maximum atomic E-state index is 5.78. The average molecular weight is 390 g/mol. The summed E-state index contributed by atoms with van der Waals surface area (Å²) in [5.74, 6) is 2.24. The van der Waals surface area contributed by atoms with Gasteiger partial charge in [-0.1, -0.05) is 0 Å². The Hall–Kier alpha value is -2.72. The summed E-state index contributed by atoms with van der Waals surface area (Å²) in [5, 5.41) is 4.21. The molecule has 4 N–H and O–H groups in total. The fourth-order valence-electron chi connectivity index (χ4n) is 2.60. The molecule has 3 aromatic rings. The first-order valence-corrected chi connectivity index (χ1v) is 9.20. The SMILES string of the molecule is COC[C@@H](CSc1nc(N)nc2nc[nH]c12)Nc1ccc(OC)c(OC)c1. The van der Waals surface area contributed by atoms with Crippen LogP contribution in [0.15, 0.2) is 29.6 Å². The molecule has 2 heterocycles. The van der Waals surface area contributed by atoms with Crippen LogP contribution < -0.4 is 20.5 Å². The maximum Gasteiger partial charge on any atom is 0.223 e. The summed E-state index contributed by atoms with van der Waals surface area (Å²) in [7, 11) is 4.89. The van der Waals surface area contributed by atoms with E-state index >= 15 is 0 Å². The lowest BCUT2D eigenvalue weighted by atomic mass is 10.2. The maximum absolute atomic E-state index is 5.78. The number of nitrogens with one attached hydrogen (secondary N) is 2. The fraction of sp³-hybridized carbons (Fsp3) is 0.353. The van der Waals surface area contributed by atoms with Gasteiger partial charge < -0.3 is 30.2 Å². The monoisotopic (exact) mass is 390 g/mol. The number of nitrogen functional groups attached to an aromatic ring is 1. The summed E-state index contributed by atoms with van der Waals surface area (Å²) in [6.07, 6.45) is 1.58. The van der Waals surface area contributed by atoms with Crippen LogP contribution in [0.25, 0.3) is 11.2 Å². The smallest absolute Gasteiger partial charge is 0.223 e. The molecule has 27 heavy (non-hydrogen) atoms. The summed E-state index contributed by atoms with van der Waals surface area (Å²) >= 11 is 1.55. The number of fused-ring (bicyclic) bond motifs is 1. The number of H-pyrrole nitrogens is 1. The van der Waals surface area contributed by atoms with Crippen molar-refractivity contribution >= 4 is 34.6 Å². The number of hydrogen-bond donors (Lipinski definition) is 3. The third kappa shape index (κ3) is 4.52. The Morgan fingerprint density at radius 2 is 2.00 bits per heavy atom. The molecule has 0 bridgehead atoms. The quantitative estimate of drug-likeness (QED) is 0.373. The van der Waals surface area contributed by atoms with Crippen molar-refractivity contribution in [1.29, 1.82) is 0 Å². The lowest BCUT2D eigenvalue weighted by molar-refractivity contribution is 0.191. The molecule has 9 nitrogen and oxygen atoms in total. The molecular formula is C17H22N6O3S. The van der Waals surface area contributed by atoms with E-state index in [1.54, 1.807) is 39.4 Å². The van der Waals surface area contributed by atoms with Gasteiger partial charge in [0.15, 0.2) is 17.1 Å². The van der Waals surface area contributed by atoms with E-state index in [4.69, 9.17) is 19.9 Å². The molecule has 0 saturated heterocycles. The molecule has 0 unspecified atom stereocenters. The van der Waals surface area contributed by atoms with Crippen LogP contribution in [0.5, 0.6) is 11.5 Å². The van der Waals surface area contributed by atoms with Crippen molar-refractivity contribution in [3.05, 3.63) is 24.5 Å². The van der Waals surface area contributed by atoms with Crippen molar-refractivity contribution in [2.75, 3.05) is 44.7 Å². The first kappa shape index (κ1) is 19.1. The van der Waals surface area contributed by atoms with Crippen LogP contribution >= 0.6 is 11.8 Å². The zero-order chi connectivity index (χ0) is 19.2. The molecule has 144 valence electrons. The number of methoxy groups -OCH3 is 3. The minimum atomic E-state index is 0.0345. The van der Waals surface area contributed by atoms with Crippen LogP contribution in [0.1, 0.15) is 0 Å². The van der Waals surface area contributed by atoms with Gasteiger partial charge in [-0.3, -0.25) is 0 Å². The zero-order valence-electron chi connectivity index (χ0n) is 15.4. The van der Waals surface area contributed by atoms with Gasteiger partial charge in [-0.05, 0) is 12.1 Å². The highest BCUT2D eigenvalue weighted by Gasteiger charge is 2.15. The van der Waals surface area contributed by atoms with E-state index in [9.17, 15) is 0 Å². The number of aromatic nitrogens is 4. The minimum absolute atomic E-state index is 0.0345. The van der Waals surface area contributed by atoms with Gasteiger partial charge in [0, 0.05) is 24.6 Å². The Bertz CT molecular complexity index is 904. The Morgan fingerprint density at radius 3 is 2.74 bits per heavy atom. The molecule has 1 atom stereocenters. The molecule has 0 spiro atoms. The predicted molar refractivity (Wildman–Crippen MR) is 106 cm³/mol. The molecule has 0 aliphatic rings. The lowest BCUT2D eigenvalue weighted by Gasteiger charge is -2.20. The number of nitrogens with two attached hydrogens (primary N) is 1. The number of thioether (sulfide) groups is 1. The van der Waals surface area contributed by atoms with Crippen LogP contribution in [0.4, 0.5) is 11.6 Å². The third-order valence-corrected chi connectivity index (χ3v) is 4.95. The molecule has 0 aliphatic heterocycles. The van der Waals surface area contributed by atoms with Crippen LogP contribution in [0.2, 0.25) is 0 Å². The van der Waals surface area contributed by atoms with E-state index in [-0.39, 0.29) is 12.0 Å². The van der Waals surface area contributed by atoms with Crippen molar-refractivity contribution in [3.8, 4) is 11.5 Å². The predicted octanol–water partition coefficient (Wildman–Crippen LogP) is 2.17. The Morgan fingerprint density at radius 1 is 1.19 bits per heavy atom. The minimum Gasteiger partial charge on any atom is -0.493 e. The topological polar surface area (TPSA) is 120 Å². The van der Waals surface area contributed by atoms with Crippen LogP contribution in [-0.4, -0.2) is 59.7 Å². The molecule has 3 rings (SSSR count). The van der Waals surface area contributed by atoms with E-state index in [1.807, 2.05) is 18.2 Å². The third-order valence-electron chi connectivity index (χ3n) is 3.81. The number of aromatic amines is 1. The molecule has 0 amide bonds. The number of hydrogen-bond acceptors (Lipinski definition) is 9. The van der Waals surface area contributed by atoms with Crippen molar-refractivity contribution in [3.63, 3.8) is 0 Å². The van der Waals surface area contributed by atoms with Gasteiger partial charge in [0.2, 0.25) is 5.95 Å². The molecule has 10 heteroatoms. The fourth-order valence-corrected chi connectivity index (χ4v) is 3.59. The molecule has 2 aromatic heterocycles. The number of rotatable bonds is 9. The van der Waals surface area contributed by atoms with Crippen LogP contribution in [0, 0.1) is 0 Å². The van der Waals surface area contributed by atoms with E-state index in [0.717, 1.165) is 16.2 Å². The lowest BCUT2D eigenvalue weighted by Crippen LogP contribution is -2.27. The van der Waals surface area contributed by atoms with Gasteiger partial charge in [0.05, 0.1) is 33.2 Å². The Balaban J connectivity index is 1.73. The number of benzene rings is 1. The van der Waals surface area contributed by atoms with Crippen LogP contribution in [-0.2, 0) is 4.74 Å². The molecular weight excluding hydrogens is 368 g/mol. The summed E-state index contributed by atoms with van der Waals surface area (Å²) in [6.45, 7) is 0.522. The number of ether oxygens (including phenoxy) is 3. The molecule has 1 aromatic carbocycles. The molecule has 0 aliphatic carbocycles. The second-order valence-corrected chi connectivity index (χ2v) is 6.67. The van der Waals surface area contributed by atoms with Gasteiger partial charge in [-0.25, -0.2) is 9.97 Å². The molecule has 0 radical (unpaired) electrons. The second kappa shape index (κ2) is 8.78. The molecule has 0 fully saturated rings. The van der Waals surface area contributed by atoms with Crippen molar-refractivity contribution in [2.45, 2.75) is 11.1 Å². The van der Waals surface area contributed by atoms with Crippen molar-refractivity contribution in [1.82, 2.24) is 19.9 Å². The number of imidazole rings is 1. The largest absolute Gasteiger partial charge is 0.493 e. The highest BCUT2D eigenvalue weighted by atomic mass is 32.2. The molecule has 0 saturated carbocycles. The van der Waals surface area contributed by atoms with E-state index in [0.29, 0.717) is 29.5 Å². The van der Waals surface area contributed by atoms with Crippen molar-refractivity contribution in [2.24, 2.45) is 0 Å². The van der Waals surface area contributed by atoms with Crippen molar-refractivity contribution < 1.29 is 14.2 Å². The van der Waals surface area contributed by atoms with E-state index < -0.39 is 0 Å². The number of nitrogens with zero attached hydrogens (tertiary/aromatic N) is 3. The summed E-state index contributed by atoms with van der Waals surface area (Å²) in [5.41, 5.74) is 8.01.